The van der Waals surface area contributed by atoms with Crippen LogP contribution in [0, 0.1) is 24.4 Å². The van der Waals surface area contributed by atoms with Gasteiger partial charge in [0.25, 0.3) is 0 Å². The molecule has 1 saturated carbocycles. The minimum Gasteiger partial charge on any atom is -0.207 e. The van der Waals surface area contributed by atoms with Gasteiger partial charge in [-0.05, 0) is 85.4 Å². The third-order valence-electron chi connectivity index (χ3n) is 5.33. The number of hydrogen-bond acceptors (Lipinski definition) is 0. The summed E-state index contributed by atoms with van der Waals surface area (Å²) in [5.41, 5.74) is 1.24. The van der Waals surface area contributed by atoms with E-state index in [4.69, 9.17) is 0 Å². The first-order valence-corrected chi connectivity index (χ1v) is 9.15. The predicted octanol–water partition coefficient (Wildman–Crippen LogP) is 7.43. The Morgan fingerprint density at radius 1 is 0.821 bits per heavy atom. The van der Waals surface area contributed by atoms with E-state index in [1.807, 2.05) is 13.0 Å². The molecule has 1 aliphatic rings. The number of halogens is 6. The van der Waals surface area contributed by atoms with Gasteiger partial charge in [-0.15, -0.1) is 0 Å². The van der Waals surface area contributed by atoms with Gasteiger partial charge in [0.05, 0.1) is 0 Å². The van der Waals surface area contributed by atoms with Gasteiger partial charge in [-0.25, -0.2) is 13.2 Å². The molecule has 2 aromatic rings. The number of hydrogen-bond donors (Lipinski definition) is 0. The number of benzene rings is 2. The molecule has 0 saturated heterocycles. The molecule has 28 heavy (non-hydrogen) atoms. The molecule has 0 heterocycles. The van der Waals surface area contributed by atoms with Gasteiger partial charge in [0.2, 0.25) is 0 Å². The molecular formula is C22H20F6. The fourth-order valence-corrected chi connectivity index (χ4v) is 3.88. The summed E-state index contributed by atoms with van der Waals surface area (Å²) in [6, 6.07) is 7.37. The first-order chi connectivity index (χ1) is 13.1. The van der Waals surface area contributed by atoms with Crippen molar-refractivity contribution in [1.82, 2.24) is 0 Å². The number of alkyl halides is 3. The second kappa shape index (κ2) is 8.02. The minimum absolute atomic E-state index is 0.0561. The fraction of sp³-hybridized carbons (Fsp3) is 0.364. The molecule has 150 valence electrons. The quantitative estimate of drug-likeness (QED) is 0.472. The zero-order chi connectivity index (χ0) is 20.5. The van der Waals surface area contributed by atoms with E-state index in [0.29, 0.717) is 42.9 Å². The van der Waals surface area contributed by atoms with Crippen molar-refractivity contribution < 1.29 is 26.3 Å². The summed E-state index contributed by atoms with van der Waals surface area (Å²) in [5.74, 6) is -2.30. The highest BCUT2D eigenvalue weighted by atomic mass is 19.4. The first-order valence-electron chi connectivity index (χ1n) is 9.15. The minimum atomic E-state index is -4.64. The largest absolute Gasteiger partial charge is 0.409 e. The van der Waals surface area contributed by atoms with E-state index in [0.717, 1.165) is 17.7 Å². The Hall–Kier alpha value is -2.24. The van der Waals surface area contributed by atoms with E-state index in [1.54, 1.807) is 6.07 Å². The van der Waals surface area contributed by atoms with Gasteiger partial charge in [0, 0.05) is 11.6 Å². The van der Waals surface area contributed by atoms with Crippen molar-refractivity contribution in [3.8, 4) is 0 Å². The van der Waals surface area contributed by atoms with Gasteiger partial charge < -0.3 is 0 Å². The van der Waals surface area contributed by atoms with Crippen LogP contribution in [0.15, 0.2) is 36.4 Å². The third-order valence-corrected chi connectivity index (χ3v) is 5.33. The Morgan fingerprint density at radius 3 is 1.93 bits per heavy atom. The van der Waals surface area contributed by atoms with Crippen LogP contribution in [0.25, 0.3) is 6.08 Å². The molecule has 0 amide bonds. The van der Waals surface area contributed by atoms with Crippen molar-refractivity contribution in [3.63, 3.8) is 0 Å². The average Bonchev–Trinajstić information content (AvgIpc) is 2.60. The van der Waals surface area contributed by atoms with Crippen LogP contribution in [0.2, 0.25) is 0 Å². The van der Waals surface area contributed by atoms with E-state index >= 15 is 0 Å². The molecular weight excluding hydrogens is 378 g/mol. The van der Waals surface area contributed by atoms with E-state index in [9.17, 15) is 26.3 Å². The SMILES string of the molecule is Cc1ccc(C2CCC(c3cc(F)c(/C=C/C(F)(F)F)c(F)c3)CC2)c(F)c1. The smallest absolute Gasteiger partial charge is 0.207 e. The van der Waals surface area contributed by atoms with Crippen LogP contribution in [-0.2, 0) is 0 Å². The van der Waals surface area contributed by atoms with E-state index in [1.165, 1.54) is 6.07 Å². The topological polar surface area (TPSA) is 0 Å². The van der Waals surface area contributed by atoms with Gasteiger partial charge in [-0.1, -0.05) is 12.1 Å². The van der Waals surface area contributed by atoms with Crippen LogP contribution in [-0.4, -0.2) is 6.18 Å². The van der Waals surface area contributed by atoms with Crippen LogP contribution in [0.5, 0.6) is 0 Å². The Balaban J connectivity index is 1.73. The highest BCUT2D eigenvalue weighted by Crippen LogP contribution is 2.41. The maximum Gasteiger partial charge on any atom is 0.409 e. The summed E-state index contributed by atoms with van der Waals surface area (Å²) >= 11 is 0. The van der Waals surface area contributed by atoms with E-state index in [2.05, 4.69) is 0 Å². The maximum absolute atomic E-state index is 14.2. The zero-order valence-electron chi connectivity index (χ0n) is 15.3. The lowest BCUT2D eigenvalue weighted by Gasteiger charge is -2.29. The lowest BCUT2D eigenvalue weighted by molar-refractivity contribution is -0.0790. The summed E-state index contributed by atoms with van der Waals surface area (Å²) < 4.78 is 79.2. The molecule has 6 heteroatoms. The summed E-state index contributed by atoms with van der Waals surface area (Å²) in [6.07, 6.45) is -1.78. The molecule has 1 fully saturated rings. The molecule has 0 nitrogen and oxygen atoms in total. The van der Waals surface area contributed by atoms with Crippen molar-refractivity contribution in [1.29, 1.82) is 0 Å². The fourth-order valence-electron chi connectivity index (χ4n) is 3.88. The lowest BCUT2D eigenvalue weighted by Crippen LogP contribution is -2.14. The van der Waals surface area contributed by atoms with Crippen LogP contribution < -0.4 is 0 Å². The molecule has 2 aromatic carbocycles. The molecule has 0 spiro atoms. The highest BCUT2D eigenvalue weighted by Gasteiger charge is 2.27. The first kappa shape index (κ1) is 20.5. The summed E-state index contributed by atoms with van der Waals surface area (Å²) in [7, 11) is 0. The zero-order valence-corrected chi connectivity index (χ0v) is 15.3. The molecule has 0 unspecified atom stereocenters. The second-order valence-corrected chi connectivity index (χ2v) is 7.35. The number of rotatable bonds is 3. The van der Waals surface area contributed by atoms with Crippen LogP contribution >= 0.6 is 0 Å². The van der Waals surface area contributed by atoms with Gasteiger partial charge in [0.15, 0.2) is 0 Å². The molecule has 0 N–H and O–H groups in total. The third kappa shape index (κ3) is 4.78. The normalized spacial score (nSPS) is 20.7. The van der Waals surface area contributed by atoms with Crippen molar-refractivity contribution in [3.05, 3.63) is 76.1 Å². The van der Waals surface area contributed by atoms with E-state index < -0.39 is 23.4 Å². The van der Waals surface area contributed by atoms with Gasteiger partial charge in [-0.2, -0.15) is 13.2 Å². The highest BCUT2D eigenvalue weighted by molar-refractivity contribution is 5.52. The lowest BCUT2D eigenvalue weighted by atomic mass is 9.76. The van der Waals surface area contributed by atoms with Crippen LogP contribution in [0.4, 0.5) is 26.3 Å². The molecule has 0 aliphatic heterocycles. The van der Waals surface area contributed by atoms with Crippen LogP contribution in [0.3, 0.4) is 0 Å². The predicted molar refractivity (Wildman–Crippen MR) is 96.5 cm³/mol. The maximum atomic E-state index is 14.2. The van der Waals surface area contributed by atoms with Gasteiger partial charge in [-0.3, -0.25) is 0 Å². The van der Waals surface area contributed by atoms with Crippen molar-refractivity contribution >= 4 is 6.08 Å². The molecule has 1 aliphatic carbocycles. The van der Waals surface area contributed by atoms with Crippen molar-refractivity contribution in [2.45, 2.75) is 50.6 Å². The number of aryl methyl sites for hydroxylation is 1. The van der Waals surface area contributed by atoms with Crippen molar-refractivity contribution in [2.24, 2.45) is 0 Å². The summed E-state index contributed by atoms with van der Waals surface area (Å²) in [4.78, 5) is 0. The van der Waals surface area contributed by atoms with Crippen molar-refractivity contribution in [2.75, 3.05) is 0 Å². The second-order valence-electron chi connectivity index (χ2n) is 7.35. The Labute approximate surface area is 159 Å². The Morgan fingerprint density at radius 2 is 1.39 bits per heavy atom. The summed E-state index contributed by atoms with van der Waals surface area (Å²) in [6.45, 7) is 1.82. The molecule has 0 atom stereocenters. The van der Waals surface area contributed by atoms with Gasteiger partial charge in [0.1, 0.15) is 17.5 Å². The molecule has 0 bridgehead atoms. The Kier molecular flexibility index (Phi) is 5.87. The summed E-state index contributed by atoms with van der Waals surface area (Å²) in [5, 5.41) is 0. The van der Waals surface area contributed by atoms with E-state index in [-0.39, 0.29) is 23.7 Å². The molecule has 0 aromatic heterocycles. The standard InChI is InChI=1S/C22H20F6/c1-13-2-7-17(19(23)10-13)15-5-3-14(4-6-15)16-11-20(24)18(21(25)12-16)8-9-22(26,27)28/h2,7-12,14-15H,3-6H2,1H3/b9-8+. The van der Waals surface area contributed by atoms with Gasteiger partial charge >= 0.3 is 6.18 Å². The molecule has 0 radical (unpaired) electrons. The monoisotopic (exact) mass is 398 g/mol. The van der Waals surface area contributed by atoms with Crippen LogP contribution in [0.1, 0.15) is 59.8 Å². The average molecular weight is 398 g/mol. The Bertz CT molecular complexity index is 850. The number of allylic oxidation sites excluding steroid dienone is 1. The molecule has 3 rings (SSSR count).